The van der Waals surface area contributed by atoms with E-state index in [1.807, 2.05) is 25.1 Å². The predicted molar refractivity (Wildman–Crippen MR) is 109 cm³/mol. The summed E-state index contributed by atoms with van der Waals surface area (Å²) in [6.07, 6.45) is 0. The van der Waals surface area contributed by atoms with Gasteiger partial charge in [-0.3, -0.25) is 9.59 Å². The summed E-state index contributed by atoms with van der Waals surface area (Å²) in [5, 5.41) is 0.567. The molecule has 0 spiro atoms. The maximum Gasteiger partial charge on any atom is 0.326 e. The predicted octanol–water partition coefficient (Wildman–Crippen LogP) is 3.73. The number of carbonyl (C=O) groups excluding carboxylic acids is 2. The van der Waals surface area contributed by atoms with Crippen LogP contribution >= 0.6 is 22.9 Å². The molecule has 0 N–H and O–H groups in total. The highest BCUT2D eigenvalue weighted by molar-refractivity contribution is 7.16. The molecule has 0 fully saturated rings. The van der Waals surface area contributed by atoms with E-state index in [9.17, 15) is 9.59 Å². The molecule has 3 aromatic rings. The molecular formula is C20H19ClN2O4S. The molecule has 0 saturated heterocycles. The van der Waals surface area contributed by atoms with Gasteiger partial charge in [-0.05, 0) is 49.7 Å². The van der Waals surface area contributed by atoms with E-state index in [1.54, 1.807) is 35.8 Å². The number of hydrogen-bond donors (Lipinski definition) is 0. The van der Waals surface area contributed by atoms with Crippen molar-refractivity contribution in [2.75, 3.05) is 13.2 Å². The zero-order valence-electron chi connectivity index (χ0n) is 15.5. The van der Waals surface area contributed by atoms with Crippen molar-refractivity contribution >= 4 is 45.0 Å². The van der Waals surface area contributed by atoms with Gasteiger partial charge in [0, 0.05) is 5.02 Å². The molecule has 0 radical (unpaired) electrons. The van der Waals surface area contributed by atoms with E-state index in [4.69, 9.17) is 21.1 Å². The number of rotatable bonds is 6. The van der Waals surface area contributed by atoms with E-state index in [0.29, 0.717) is 15.6 Å². The molecule has 1 aromatic heterocycles. The fourth-order valence-electron chi connectivity index (χ4n) is 2.61. The second kappa shape index (κ2) is 9.03. The monoisotopic (exact) mass is 418 g/mol. The topological polar surface area (TPSA) is 69.9 Å². The van der Waals surface area contributed by atoms with Crippen LogP contribution in [-0.2, 0) is 20.9 Å². The molecule has 3 rings (SSSR count). The molecule has 0 bridgehead atoms. The van der Waals surface area contributed by atoms with Crippen LogP contribution in [0.15, 0.2) is 47.5 Å². The van der Waals surface area contributed by atoms with E-state index in [0.717, 1.165) is 15.8 Å². The van der Waals surface area contributed by atoms with Crippen molar-refractivity contribution in [2.24, 2.45) is 4.99 Å². The molecule has 28 heavy (non-hydrogen) atoms. The van der Waals surface area contributed by atoms with E-state index in [-0.39, 0.29) is 19.8 Å². The van der Waals surface area contributed by atoms with Crippen molar-refractivity contribution in [3.05, 3.63) is 57.9 Å². The molecule has 8 heteroatoms. The molecule has 6 nitrogen and oxygen atoms in total. The van der Waals surface area contributed by atoms with Crippen LogP contribution in [0.3, 0.4) is 0 Å². The number of hydrogen-bond acceptors (Lipinski definition) is 5. The van der Waals surface area contributed by atoms with Gasteiger partial charge in [0.05, 0.1) is 16.8 Å². The Morgan fingerprint density at radius 1 is 1.21 bits per heavy atom. The Morgan fingerprint density at radius 3 is 2.79 bits per heavy atom. The normalized spacial score (nSPS) is 11.6. The second-order valence-electron chi connectivity index (χ2n) is 6.00. The van der Waals surface area contributed by atoms with E-state index in [1.165, 1.54) is 11.3 Å². The summed E-state index contributed by atoms with van der Waals surface area (Å²) in [7, 11) is 0. The number of amides is 1. The molecular weight excluding hydrogens is 400 g/mol. The Kier molecular flexibility index (Phi) is 6.49. The number of aromatic nitrogens is 1. The Bertz CT molecular complexity index is 1090. The van der Waals surface area contributed by atoms with Crippen molar-refractivity contribution in [3.63, 3.8) is 0 Å². The summed E-state index contributed by atoms with van der Waals surface area (Å²) in [4.78, 5) is 28.9. The SMILES string of the molecule is CCOC(=O)Cn1c(=NC(=O)COc2cccc(C)c2)sc2cc(Cl)ccc21. The molecule has 0 aliphatic carbocycles. The summed E-state index contributed by atoms with van der Waals surface area (Å²) in [6, 6.07) is 12.7. The summed E-state index contributed by atoms with van der Waals surface area (Å²) < 4.78 is 13.0. The van der Waals surface area contributed by atoms with Crippen LogP contribution in [0.5, 0.6) is 5.75 Å². The average Bonchev–Trinajstić information content (AvgIpc) is 2.96. The lowest BCUT2D eigenvalue weighted by molar-refractivity contribution is -0.143. The van der Waals surface area contributed by atoms with Gasteiger partial charge in [0.1, 0.15) is 12.3 Å². The van der Waals surface area contributed by atoms with Crippen LogP contribution in [0.4, 0.5) is 0 Å². The van der Waals surface area contributed by atoms with Gasteiger partial charge in [-0.1, -0.05) is 35.1 Å². The summed E-state index contributed by atoms with van der Waals surface area (Å²) in [5.74, 6) is -0.245. The first-order valence-electron chi connectivity index (χ1n) is 8.68. The lowest BCUT2D eigenvalue weighted by Gasteiger charge is -2.06. The van der Waals surface area contributed by atoms with Crippen molar-refractivity contribution in [2.45, 2.75) is 20.4 Å². The summed E-state index contributed by atoms with van der Waals surface area (Å²) in [5.41, 5.74) is 1.80. The molecule has 0 unspecified atom stereocenters. The Balaban J connectivity index is 1.89. The molecule has 1 amide bonds. The third-order valence-corrected chi connectivity index (χ3v) is 5.09. The maximum absolute atomic E-state index is 12.3. The van der Waals surface area contributed by atoms with Crippen LogP contribution < -0.4 is 9.54 Å². The third kappa shape index (κ3) is 4.99. The van der Waals surface area contributed by atoms with Crippen LogP contribution in [-0.4, -0.2) is 29.7 Å². The molecule has 2 aromatic carbocycles. The first kappa shape index (κ1) is 20.1. The van der Waals surface area contributed by atoms with Gasteiger partial charge in [0.15, 0.2) is 11.4 Å². The highest BCUT2D eigenvalue weighted by atomic mass is 35.5. The Hall–Kier alpha value is -2.64. The molecule has 146 valence electrons. The van der Waals surface area contributed by atoms with Gasteiger partial charge in [-0.15, -0.1) is 0 Å². The minimum atomic E-state index is -0.447. The van der Waals surface area contributed by atoms with Crippen LogP contribution in [0.1, 0.15) is 12.5 Å². The average molecular weight is 419 g/mol. The Labute approximate surface area is 171 Å². The zero-order chi connectivity index (χ0) is 20.1. The van der Waals surface area contributed by atoms with Crippen molar-refractivity contribution < 1.29 is 19.1 Å². The van der Waals surface area contributed by atoms with Crippen molar-refractivity contribution in [1.29, 1.82) is 0 Å². The van der Waals surface area contributed by atoms with Gasteiger partial charge in [0.2, 0.25) is 0 Å². The van der Waals surface area contributed by atoms with Crippen LogP contribution in [0.25, 0.3) is 10.2 Å². The van der Waals surface area contributed by atoms with Gasteiger partial charge in [0.25, 0.3) is 5.91 Å². The molecule has 0 aliphatic heterocycles. The molecule has 0 atom stereocenters. The fourth-order valence-corrected chi connectivity index (χ4v) is 3.93. The highest BCUT2D eigenvalue weighted by Crippen LogP contribution is 2.22. The maximum atomic E-state index is 12.3. The lowest BCUT2D eigenvalue weighted by atomic mass is 10.2. The second-order valence-corrected chi connectivity index (χ2v) is 7.44. The number of thiazole rings is 1. The first-order chi connectivity index (χ1) is 13.5. The van der Waals surface area contributed by atoms with E-state index < -0.39 is 11.9 Å². The molecule has 0 saturated carbocycles. The van der Waals surface area contributed by atoms with Gasteiger partial charge >= 0.3 is 5.97 Å². The number of esters is 1. The van der Waals surface area contributed by atoms with Gasteiger partial charge < -0.3 is 14.0 Å². The number of nitrogens with zero attached hydrogens (tertiary/aromatic N) is 2. The summed E-state index contributed by atoms with van der Waals surface area (Å²) >= 11 is 7.34. The largest absolute Gasteiger partial charge is 0.484 e. The third-order valence-electron chi connectivity index (χ3n) is 3.81. The lowest BCUT2D eigenvalue weighted by Crippen LogP contribution is -2.24. The smallest absolute Gasteiger partial charge is 0.326 e. The Morgan fingerprint density at radius 2 is 2.04 bits per heavy atom. The molecule has 0 aliphatic rings. The number of fused-ring (bicyclic) bond motifs is 1. The van der Waals surface area contributed by atoms with Crippen LogP contribution in [0, 0.1) is 6.92 Å². The van der Waals surface area contributed by atoms with Crippen LogP contribution in [0.2, 0.25) is 5.02 Å². The zero-order valence-corrected chi connectivity index (χ0v) is 17.0. The van der Waals surface area contributed by atoms with Gasteiger partial charge in [-0.25, -0.2) is 0 Å². The number of carbonyl (C=O) groups is 2. The standard InChI is InChI=1S/C20H19ClN2O4S/c1-3-26-19(25)11-23-16-8-7-14(21)10-17(16)28-20(23)22-18(24)12-27-15-6-4-5-13(2)9-15/h4-10H,3,11-12H2,1-2H3. The quantitative estimate of drug-likeness (QED) is 0.572. The number of halogens is 1. The number of ether oxygens (including phenoxy) is 2. The van der Waals surface area contributed by atoms with Crippen molar-refractivity contribution in [3.8, 4) is 5.75 Å². The van der Waals surface area contributed by atoms with Gasteiger partial charge in [-0.2, -0.15) is 4.99 Å². The van der Waals surface area contributed by atoms with E-state index in [2.05, 4.69) is 4.99 Å². The highest BCUT2D eigenvalue weighted by Gasteiger charge is 2.13. The summed E-state index contributed by atoms with van der Waals surface area (Å²) in [6.45, 7) is 3.73. The first-order valence-corrected chi connectivity index (χ1v) is 9.87. The fraction of sp³-hybridized carbons (Fsp3) is 0.250. The molecule has 1 heterocycles. The minimum Gasteiger partial charge on any atom is -0.484 e. The van der Waals surface area contributed by atoms with E-state index >= 15 is 0 Å². The number of aryl methyl sites for hydroxylation is 1. The number of benzene rings is 2. The van der Waals surface area contributed by atoms with Crippen molar-refractivity contribution in [1.82, 2.24) is 4.57 Å². The minimum absolute atomic E-state index is 0.0413.